The second-order valence-corrected chi connectivity index (χ2v) is 5.47. The van der Waals surface area contributed by atoms with Crippen LogP contribution in [0.1, 0.15) is 21.7 Å². The van der Waals surface area contributed by atoms with Crippen LogP contribution >= 0.6 is 0 Å². The number of hydrogen-bond donors (Lipinski definition) is 2. The van der Waals surface area contributed by atoms with Gasteiger partial charge in [0.25, 0.3) is 5.91 Å². The van der Waals surface area contributed by atoms with Crippen molar-refractivity contribution in [3.63, 3.8) is 0 Å². The van der Waals surface area contributed by atoms with Crippen LogP contribution in [0.5, 0.6) is 0 Å². The van der Waals surface area contributed by atoms with Gasteiger partial charge in [-0.3, -0.25) is 4.79 Å². The molecule has 0 saturated carbocycles. The number of anilines is 1. The highest BCUT2D eigenvalue weighted by atomic mass is 16.5. The third-order valence-electron chi connectivity index (χ3n) is 3.81. The van der Waals surface area contributed by atoms with Crippen molar-refractivity contribution in [2.75, 3.05) is 12.4 Å². The summed E-state index contributed by atoms with van der Waals surface area (Å²) >= 11 is 0. The molecule has 1 heterocycles. The summed E-state index contributed by atoms with van der Waals surface area (Å²) in [5, 5.41) is 10.0. The minimum atomic E-state index is -0.113. The van der Waals surface area contributed by atoms with Gasteiger partial charge >= 0.3 is 0 Å². The number of hydrogen-bond acceptors (Lipinski definition) is 4. The van der Waals surface area contributed by atoms with Crippen LogP contribution < -0.4 is 10.6 Å². The van der Waals surface area contributed by atoms with Crippen LogP contribution in [-0.4, -0.2) is 18.1 Å². The Morgan fingerprint density at radius 1 is 1.12 bits per heavy atom. The zero-order chi connectivity index (χ0) is 16.9. The molecule has 5 heteroatoms. The van der Waals surface area contributed by atoms with Gasteiger partial charge in [-0.2, -0.15) is 0 Å². The maximum Gasteiger partial charge on any atom is 0.253 e. The van der Waals surface area contributed by atoms with Crippen molar-refractivity contribution in [2.45, 2.75) is 13.5 Å². The fourth-order valence-corrected chi connectivity index (χ4v) is 2.57. The summed E-state index contributed by atoms with van der Waals surface area (Å²) in [6, 6.07) is 17.5. The lowest BCUT2D eigenvalue weighted by Gasteiger charge is -2.12. The van der Waals surface area contributed by atoms with Crippen molar-refractivity contribution < 1.29 is 9.32 Å². The van der Waals surface area contributed by atoms with E-state index in [4.69, 9.17) is 4.52 Å². The fourth-order valence-electron chi connectivity index (χ4n) is 2.57. The predicted octanol–water partition coefficient (Wildman–Crippen LogP) is 3.62. The fraction of sp³-hybridized carbons (Fsp3) is 0.158. The molecule has 0 atom stereocenters. The van der Waals surface area contributed by atoms with E-state index in [0.29, 0.717) is 17.9 Å². The largest absolute Gasteiger partial charge is 0.377 e. The smallest absolute Gasteiger partial charge is 0.253 e. The molecule has 122 valence electrons. The Labute approximate surface area is 140 Å². The average molecular weight is 321 g/mol. The molecule has 1 aromatic heterocycles. The number of amides is 1. The highest BCUT2D eigenvalue weighted by Gasteiger charge is 2.13. The highest BCUT2D eigenvalue weighted by Crippen LogP contribution is 2.22. The molecule has 0 unspecified atom stereocenters. The first kappa shape index (κ1) is 15.8. The summed E-state index contributed by atoms with van der Waals surface area (Å²) in [7, 11) is 1.63. The maximum absolute atomic E-state index is 12.1. The summed E-state index contributed by atoms with van der Waals surface area (Å²) < 4.78 is 5.38. The molecule has 0 fully saturated rings. The van der Waals surface area contributed by atoms with Crippen LogP contribution in [0.2, 0.25) is 0 Å². The topological polar surface area (TPSA) is 67.2 Å². The maximum atomic E-state index is 12.1. The molecule has 0 aliphatic rings. The van der Waals surface area contributed by atoms with Gasteiger partial charge < -0.3 is 15.2 Å². The summed E-state index contributed by atoms with van der Waals surface area (Å²) in [5.41, 5.74) is 4.13. The molecule has 0 spiro atoms. The van der Waals surface area contributed by atoms with Gasteiger partial charge in [0.15, 0.2) is 5.76 Å². The first-order valence-electron chi connectivity index (χ1n) is 7.75. The first-order chi connectivity index (χ1) is 11.7. The van der Waals surface area contributed by atoms with Crippen molar-refractivity contribution in [2.24, 2.45) is 0 Å². The van der Waals surface area contributed by atoms with Gasteiger partial charge in [0.05, 0.1) is 12.1 Å². The van der Waals surface area contributed by atoms with E-state index in [1.807, 2.05) is 61.5 Å². The Kier molecular flexibility index (Phi) is 4.61. The van der Waals surface area contributed by atoms with E-state index in [0.717, 1.165) is 22.5 Å². The molecule has 0 radical (unpaired) electrons. The molecule has 0 aliphatic heterocycles. The number of carbonyl (C=O) groups is 1. The lowest BCUT2D eigenvalue weighted by molar-refractivity contribution is 0.0963. The molecule has 3 rings (SSSR count). The molecular weight excluding hydrogens is 302 g/mol. The van der Waals surface area contributed by atoms with E-state index >= 15 is 0 Å². The van der Waals surface area contributed by atoms with E-state index in [-0.39, 0.29) is 5.91 Å². The monoisotopic (exact) mass is 321 g/mol. The van der Waals surface area contributed by atoms with Crippen molar-refractivity contribution in [3.05, 3.63) is 71.5 Å². The number of rotatable bonds is 5. The molecular formula is C19H19N3O2. The average Bonchev–Trinajstić information content (AvgIpc) is 3.09. The normalized spacial score (nSPS) is 10.4. The van der Waals surface area contributed by atoms with Crippen molar-refractivity contribution >= 4 is 11.6 Å². The van der Waals surface area contributed by atoms with Crippen molar-refractivity contribution in [3.8, 4) is 11.3 Å². The standard InChI is InChI=1S/C19H19N3O2/c1-13-7-6-10-16(18(13)19(23)20-2)21-12-15-11-17(22-24-15)14-8-4-3-5-9-14/h3-11,21H,12H2,1-2H3,(H,20,23). The molecule has 5 nitrogen and oxygen atoms in total. The summed E-state index contributed by atoms with van der Waals surface area (Å²) in [6.45, 7) is 2.37. The summed E-state index contributed by atoms with van der Waals surface area (Å²) in [6.07, 6.45) is 0. The van der Waals surface area contributed by atoms with Crippen LogP contribution in [0.4, 0.5) is 5.69 Å². The number of aryl methyl sites for hydroxylation is 1. The number of nitrogens with one attached hydrogen (secondary N) is 2. The first-order valence-corrected chi connectivity index (χ1v) is 7.75. The predicted molar refractivity (Wildman–Crippen MR) is 93.8 cm³/mol. The van der Waals surface area contributed by atoms with E-state index < -0.39 is 0 Å². The quantitative estimate of drug-likeness (QED) is 0.753. The van der Waals surface area contributed by atoms with Gasteiger partial charge in [0, 0.05) is 24.4 Å². The molecule has 0 saturated heterocycles. The van der Waals surface area contributed by atoms with Crippen LogP contribution in [0.25, 0.3) is 11.3 Å². The molecule has 0 bridgehead atoms. The number of aromatic nitrogens is 1. The van der Waals surface area contributed by atoms with E-state index in [1.54, 1.807) is 7.05 Å². The third-order valence-corrected chi connectivity index (χ3v) is 3.81. The Bertz CT molecular complexity index is 841. The lowest BCUT2D eigenvalue weighted by atomic mass is 10.1. The second-order valence-electron chi connectivity index (χ2n) is 5.47. The van der Waals surface area contributed by atoms with Gasteiger partial charge in [-0.1, -0.05) is 47.6 Å². The zero-order valence-electron chi connectivity index (χ0n) is 13.7. The Morgan fingerprint density at radius 2 is 1.92 bits per heavy atom. The second kappa shape index (κ2) is 7.00. The van der Waals surface area contributed by atoms with E-state index in [2.05, 4.69) is 15.8 Å². The number of nitrogens with zero attached hydrogens (tertiary/aromatic N) is 1. The molecule has 0 aliphatic carbocycles. The summed E-state index contributed by atoms with van der Waals surface area (Å²) in [4.78, 5) is 12.1. The van der Waals surface area contributed by atoms with Gasteiger partial charge in [0.2, 0.25) is 0 Å². The number of benzene rings is 2. The van der Waals surface area contributed by atoms with E-state index in [1.165, 1.54) is 0 Å². The lowest BCUT2D eigenvalue weighted by Crippen LogP contribution is -2.20. The highest BCUT2D eigenvalue weighted by molar-refractivity contribution is 6.00. The molecule has 3 aromatic rings. The Morgan fingerprint density at radius 3 is 2.67 bits per heavy atom. The minimum absolute atomic E-state index is 0.113. The van der Waals surface area contributed by atoms with E-state index in [9.17, 15) is 4.79 Å². The third kappa shape index (κ3) is 3.30. The van der Waals surface area contributed by atoms with Crippen LogP contribution in [0.3, 0.4) is 0 Å². The molecule has 1 amide bonds. The van der Waals surface area contributed by atoms with Crippen molar-refractivity contribution in [1.82, 2.24) is 10.5 Å². The minimum Gasteiger partial charge on any atom is -0.377 e. The Hall–Kier alpha value is -3.08. The van der Waals surface area contributed by atoms with Gasteiger partial charge in [-0.05, 0) is 18.6 Å². The van der Waals surface area contributed by atoms with Crippen LogP contribution in [0, 0.1) is 6.92 Å². The van der Waals surface area contributed by atoms with Gasteiger partial charge in [-0.15, -0.1) is 0 Å². The zero-order valence-corrected chi connectivity index (χ0v) is 13.7. The number of carbonyl (C=O) groups excluding carboxylic acids is 1. The summed E-state index contributed by atoms with van der Waals surface area (Å²) in [5.74, 6) is 0.594. The van der Waals surface area contributed by atoms with Crippen molar-refractivity contribution in [1.29, 1.82) is 0 Å². The Balaban J connectivity index is 1.77. The SMILES string of the molecule is CNC(=O)c1c(C)cccc1NCc1cc(-c2ccccc2)no1. The van der Waals surface area contributed by atoms with Crippen LogP contribution in [-0.2, 0) is 6.54 Å². The van der Waals surface area contributed by atoms with Gasteiger partial charge in [0.1, 0.15) is 5.69 Å². The molecule has 24 heavy (non-hydrogen) atoms. The van der Waals surface area contributed by atoms with Crippen LogP contribution in [0.15, 0.2) is 59.1 Å². The van der Waals surface area contributed by atoms with Gasteiger partial charge in [-0.25, -0.2) is 0 Å². The molecule has 2 aromatic carbocycles. The molecule has 2 N–H and O–H groups in total.